The Morgan fingerprint density at radius 3 is 1.80 bits per heavy atom. The molecule has 0 atom stereocenters. The van der Waals surface area contributed by atoms with E-state index in [9.17, 15) is 4.79 Å². The predicted octanol–water partition coefficient (Wildman–Crippen LogP) is 6.91. The molecule has 0 heterocycles. The predicted molar refractivity (Wildman–Crippen MR) is 106 cm³/mol. The van der Waals surface area contributed by atoms with Crippen LogP contribution in [0.25, 0.3) is 0 Å². The van der Waals surface area contributed by atoms with Crippen LogP contribution >= 0.6 is 0 Å². The molecule has 2 nitrogen and oxygen atoms in total. The molecule has 2 heteroatoms. The second-order valence-corrected chi connectivity index (χ2v) is 9.41. The van der Waals surface area contributed by atoms with Gasteiger partial charge >= 0.3 is 5.97 Å². The summed E-state index contributed by atoms with van der Waals surface area (Å²) >= 11 is 0. The van der Waals surface area contributed by atoms with Gasteiger partial charge in [0.1, 0.15) is 5.60 Å². The van der Waals surface area contributed by atoms with Crippen LogP contribution in [0.1, 0.15) is 112 Å². The Hall–Kier alpha value is -0.530. The Morgan fingerprint density at radius 2 is 1.32 bits per heavy atom. The lowest BCUT2D eigenvalue weighted by molar-refractivity contribution is -0.181. The van der Waals surface area contributed by atoms with E-state index >= 15 is 0 Å². The van der Waals surface area contributed by atoms with Crippen LogP contribution in [-0.2, 0) is 9.53 Å². The molecular formula is C23H42O2. The van der Waals surface area contributed by atoms with E-state index in [0.717, 1.165) is 31.1 Å². The van der Waals surface area contributed by atoms with Crippen molar-refractivity contribution in [1.82, 2.24) is 0 Å². The average Bonchev–Trinajstić information content (AvgIpc) is 2.67. The van der Waals surface area contributed by atoms with Gasteiger partial charge in [0.2, 0.25) is 0 Å². The first-order valence-electron chi connectivity index (χ1n) is 11.1. The molecule has 2 saturated carbocycles. The third-order valence-corrected chi connectivity index (χ3v) is 7.76. The molecule has 0 amide bonds. The van der Waals surface area contributed by atoms with Gasteiger partial charge in [-0.2, -0.15) is 0 Å². The highest BCUT2D eigenvalue weighted by molar-refractivity contribution is 5.76. The molecule has 2 aliphatic carbocycles. The molecule has 2 fully saturated rings. The second-order valence-electron chi connectivity index (χ2n) is 9.41. The lowest BCUT2D eigenvalue weighted by Gasteiger charge is -2.45. The summed E-state index contributed by atoms with van der Waals surface area (Å²) in [5, 5.41) is 0. The Morgan fingerprint density at radius 1 is 0.800 bits per heavy atom. The van der Waals surface area contributed by atoms with Crippen LogP contribution in [0.3, 0.4) is 0 Å². The van der Waals surface area contributed by atoms with E-state index in [1.165, 1.54) is 57.8 Å². The van der Waals surface area contributed by atoms with Gasteiger partial charge in [0.15, 0.2) is 0 Å². The van der Waals surface area contributed by atoms with Gasteiger partial charge in [-0.1, -0.05) is 52.9 Å². The normalized spacial score (nSPS) is 26.4. The van der Waals surface area contributed by atoms with Crippen molar-refractivity contribution in [2.45, 2.75) is 117 Å². The number of carbonyl (C=O) groups is 1. The van der Waals surface area contributed by atoms with E-state index < -0.39 is 0 Å². The molecule has 0 aliphatic heterocycles. The first-order valence-corrected chi connectivity index (χ1v) is 11.1. The molecule has 0 radical (unpaired) electrons. The molecule has 0 aromatic rings. The molecule has 0 unspecified atom stereocenters. The van der Waals surface area contributed by atoms with Crippen LogP contribution in [0.15, 0.2) is 0 Å². The summed E-state index contributed by atoms with van der Waals surface area (Å²) in [5.41, 5.74) is -0.601. The Bertz CT molecular complexity index is 408. The Balaban J connectivity index is 1.99. The van der Waals surface area contributed by atoms with Gasteiger partial charge < -0.3 is 4.74 Å². The minimum atomic E-state index is -0.366. The average molecular weight is 351 g/mol. The van der Waals surface area contributed by atoms with Crippen molar-refractivity contribution in [3.63, 3.8) is 0 Å². The van der Waals surface area contributed by atoms with Crippen LogP contribution in [0.4, 0.5) is 0 Å². The summed E-state index contributed by atoms with van der Waals surface area (Å²) in [4.78, 5) is 12.8. The molecule has 2 aliphatic rings. The van der Waals surface area contributed by atoms with Crippen molar-refractivity contribution in [2.75, 3.05) is 0 Å². The molecule has 0 bridgehead atoms. The second kappa shape index (κ2) is 8.91. The number of hydrogen-bond acceptors (Lipinski definition) is 2. The molecule has 146 valence electrons. The zero-order valence-corrected chi connectivity index (χ0v) is 17.5. The minimum absolute atomic E-state index is 0.00750. The van der Waals surface area contributed by atoms with E-state index in [0.29, 0.717) is 5.92 Å². The number of rotatable bonds is 7. The minimum Gasteiger partial charge on any atom is -0.458 e. The van der Waals surface area contributed by atoms with Crippen molar-refractivity contribution in [3.05, 3.63) is 0 Å². The topological polar surface area (TPSA) is 26.3 Å². The van der Waals surface area contributed by atoms with Gasteiger partial charge in [-0.25, -0.2) is 0 Å². The fourth-order valence-corrected chi connectivity index (χ4v) is 5.24. The molecule has 0 aromatic carbocycles. The SMILES string of the molecule is CCC(C)(C)C(=O)OC(CC)(CC)C1CCC(C2CCCCC2)CC1. The van der Waals surface area contributed by atoms with Crippen LogP contribution in [0.5, 0.6) is 0 Å². The largest absolute Gasteiger partial charge is 0.458 e. The van der Waals surface area contributed by atoms with Gasteiger partial charge in [0, 0.05) is 0 Å². The smallest absolute Gasteiger partial charge is 0.312 e. The highest BCUT2D eigenvalue weighted by Crippen LogP contribution is 2.46. The molecule has 25 heavy (non-hydrogen) atoms. The molecule has 0 saturated heterocycles. The molecule has 0 spiro atoms. The Kier molecular flexibility index (Phi) is 7.40. The van der Waals surface area contributed by atoms with Crippen molar-refractivity contribution < 1.29 is 9.53 Å². The van der Waals surface area contributed by atoms with Gasteiger partial charge in [0.05, 0.1) is 5.41 Å². The van der Waals surface area contributed by atoms with Gasteiger partial charge in [0.25, 0.3) is 0 Å². The highest BCUT2D eigenvalue weighted by Gasteiger charge is 2.44. The van der Waals surface area contributed by atoms with Crippen LogP contribution in [-0.4, -0.2) is 11.6 Å². The summed E-state index contributed by atoms with van der Waals surface area (Å²) < 4.78 is 6.27. The maximum atomic E-state index is 12.8. The zero-order valence-electron chi connectivity index (χ0n) is 17.5. The van der Waals surface area contributed by atoms with Crippen LogP contribution in [0.2, 0.25) is 0 Å². The Labute approximate surface area is 156 Å². The van der Waals surface area contributed by atoms with E-state index in [1.807, 2.05) is 13.8 Å². The maximum Gasteiger partial charge on any atom is 0.312 e. The standard InChI is InChI=1S/C23H42O2/c1-6-22(4,5)21(24)25-23(7-2,8-3)20-16-14-19(15-17-20)18-12-10-9-11-13-18/h18-20H,6-17H2,1-5H3. The van der Waals surface area contributed by atoms with E-state index in [-0.39, 0.29) is 17.0 Å². The summed E-state index contributed by atoms with van der Waals surface area (Å²) in [7, 11) is 0. The number of hydrogen-bond donors (Lipinski definition) is 0. The first-order chi connectivity index (χ1) is 11.9. The summed E-state index contributed by atoms with van der Waals surface area (Å²) in [6.45, 7) is 10.5. The zero-order chi connectivity index (χ0) is 18.5. The summed E-state index contributed by atoms with van der Waals surface area (Å²) in [6, 6.07) is 0. The van der Waals surface area contributed by atoms with Crippen molar-refractivity contribution in [3.8, 4) is 0 Å². The highest BCUT2D eigenvalue weighted by atomic mass is 16.6. The van der Waals surface area contributed by atoms with Crippen molar-refractivity contribution >= 4 is 5.97 Å². The molecular weight excluding hydrogens is 308 g/mol. The lowest BCUT2D eigenvalue weighted by Crippen LogP contribution is -2.46. The lowest BCUT2D eigenvalue weighted by atomic mass is 9.66. The summed E-state index contributed by atoms with van der Waals surface area (Å²) in [6.07, 6.45) is 15.2. The first kappa shape index (κ1) is 20.8. The molecule has 0 N–H and O–H groups in total. The van der Waals surface area contributed by atoms with Crippen molar-refractivity contribution in [1.29, 1.82) is 0 Å². The third-order valence-electron chi connectivity index (χ3n) is 7.76. The molecule has 0 aromatic heterocycles. The van der Waals surface area contributed by atoms with E-state index in [4.69, 9.17) is 4.74 Å². The van der Waals surface area contributed by atoms with Crippen LogP contribution in [0, 0.1) is 23.2 Å². The van der Waals surface area contributed by atoms with Gasteiger partial charge in [-0.15, -0.1) is 0 Å². The molecule has 2 rings (SSSR count). The maximum absolute atomic E-state index is 12.8. The fraction of sp³-hybridized carbons (Fsp3) is 0.957. The van der Waals surface area contributed by atoms with E-state index in [1.54, 1.807) is 0 Å². The number of carbonyl (C=O) groups excluding carboxylic acids is 1. The van der Waals surface area contributed by atoms with Gasteiger partial charge in [-0.05, 0) is 76.5 Å². The summed E-state index contributed by atoms with van der Waals surface area (Å²) in [5.74, 6) is 2.48. The fourth-order valence-electron chi connectivity index (χ4n) is 5.24. The van der Waals surface area contributed by atoms with E-state index in [2.05, 4.69) is 20.8 Å². The quantitative estimate of drug-likeness (QED) is 0.466. The van der Waals surface area contributed by atoms with Gasteiger partial charge in [-0.3, -0.25) is 4.79 Å². The van der Waals surface area contributed by atoms with Crippen molar-refractivity contribution in [2.24, 2.45) is 23.2 Å². The monoisotopic (exact) mass is 350 g/mol. The van der Waals surface area contributed by atoms with Crippen LogP contribution < -0.4 is 0 Å². The number of ether oxygens (including phenoxy) is 1. The number of esters is 1. The third kappa shape index (κ3) is 4.80.